The number of methoxy groups -OCH3 is 1. The van der Waals surface area contributed by atoms with Gasteiger partial charge in [-0.3, -0.25) is 28.4 Å². The lowest BCUT2D eigenvalue weighted by Gasteiger charge is -2.27. The first-order chi connectivity index (χ1) is 20.1. The van der Waals surface area contributed by atoms with E-state index in [9.17, 15) is 29.2 Å². The fourth-order valence-corrected chi connectivity index (χ4v) is 8.67. The number of nitrogens with one attached hydrogen (secondary N) is 1. The highest BCUT2D eigenvalue weighted by atomic mass is 32.7. The molecule has 2 aliphatic heterocycles. The molecule has 4 rings (SSSR count). The molecule has 2 aromatic rings. The Bertz CT molecular complexity index is 1440. The summed E-state index contributed by atoms with van der Waals surface area (Å²) >= 11 is 0.739. The number of nitrogens with zero attached hydrogens (tertiary/aromatic N) is 5. The van der Waals surface area contributed by atoms with E-state index in [1.807, 2.05) is 0 Å². The SMILES string of the molecule is COc1nc(N)nc2c1ncn2[C@@H]1O[C@H](COP(=O)(N[C@H](C)C(=O)OC(C)C)SCC2CC(=O)N(C)C2=O)[C@@H](O)[C@@]1(C)O. The van der Waals surface area contributed by atoms with E-state index in [0.717, 1.165) is 16.3 Å². The molecular formula is C24H36N7O10PS. The zero-order valence-corrected chi connectivity index (χ0v) is 26.2. The molecule has 2 unspecified atom stereocenters. The zero-order chi connectivity index (χ0) is 31.9. The van der Waals surface area contributed by atoms with Crippen LogP contribution in [0.3, 0.4) is 0 Å². The van der Waals surface area contributed by atoms with Crippen LogP contribution in [-0.4, -0.2) is 109 Å². The number of nitrogen functional groups attached to an aromatic ring is 1. The number of amides is 2. The van der Waals surface area contributed by atoms with Gasteiger partial charge in [0, 0.05) is 19.2 Å². The second-order valence-electron chi connectivity index (χ2n) is 10.7. The topological polar surface area (TPSA) is 231 Å². The molecule has 43 heavy (non-hydrogen) atoms. The normalized spacial score (nSPS) is 28.1. The van der Waals surface area contributed by atoms with Gasteiger partial charge in [0.1, 0.15) is 23.9 Å². The lowest BCUT2D eigenvalue weighted by Crippen LogP contribution is -2.44. The number of rotatable bonds is 12. The number of fused-ring (bicyclic) bond motifs is 1. The number of imide groups is 1. The Morgan fingerprint density at radius 2 is 2.05 bits per heavy atom. The summed E-state index contributed by atoms with van der Waals surface area (Å²) in [6.07, 6.45) is -3.16. The highest BCUT2D eigenvalue weighted by Gasteiger charge is 2.54. The van der Waals surface area contributed by atoms with Gasteiger partial charge in [0.15, 0.2) is 17.4 Å². The van der Waals surface area contributed by atoms with Gasteiger partial charge < -0.3 is 34.7 Å². The number of anilines is 1. The average Bonchev–Trinajstić information content (AvgIpc) is 3.53. The maximum absolute atomic E-state index is 14.0. The van der Waals surface area contributed by atoms with Crippen molar-refractivity contribution in [1.29, 1.82) is 0 Å². The summed E-state index contributed by atoms with van der Waals surface area (Å²) in [5, 5.41) is 24.9. The van der Waals surface area contributed by atoms with Crippen LogP contribution < -0.4 is 15.6 Å². The quantitative estimate of drug-likeness (QED) is 0.137. The molecule has 5 N–H and O–H groups in total. The van der Waals surface area contributed by atoms with Crippen LogP contribution in [0.1, 0.15) is 40.3 Å². The summed E-state index contributed by atoms with van der Waals surface area (Å²) in [4.78, 5) is 50.2. The van der Waals surface area contributed by atoms with Gasteiger partial charge in [-0.2, -0.15) is 9.97 Å². The van der Waals surface area contributed by atoms with Gasteiger partial charge in [-0.05, 0) is 27.7 Å². The minimum absolute atomic E-state index is 0.0520. The maximum Gasteiger partial charge on any atom is 0.327 e. The molecule has 2 amide bonds. The molecule has 0 aromatic carbocycles. The second-order valence-corrected chi connectivity index (χ2v) is 15.0. The van der Waals surface area contributed by atoms with Crippen molar-refractivity contribution in [3.05, 3.63) is 6.33 Å². The third-order valence-corrected chi connectivity index (χ3v) is 11.2. The third-order valence-electron chi connectivity index (χ3n) is 6.99. The standard InChI is InChI=1S/C24H36N7O10PS/c1-11(2)40-21(35)12(3)29-42(37,43-9-13-7-15(32)30(5)20(13)34)39-8-14-17(33)24(4,36)22(41-14)31-10-26-16-18(31)27-23(25)28-19(16)38-6/h10-14,17,22,33,36H,7-9H2,1-6H3,(H,29,37)(H2,25,27,28)/t12-,13?,14-,17-,22-,24-,42?/m1/s1. The van der Waals surface area contributed by atoms with Crippen molar-refractivity contribution >= 4 is 53.0 Å². The summed E-state index contributed by atoms with van der Waals surface area (Å²) < 4.78 is 37.5. The molecule has 238 valence electrons. The number of imidazole rings is 1. The van der Waals surface area contributed by atoms with Crippen molar-refractivity contribution in [2.75, 3.05) is 32.3 Å². The fourth-order valence-electron chi connectivity index (χ4n) is 4.66. The Labute approximate surface area is 251 Å². The summed E-state index contributed by atoms with van der Waals surface area (Å²) in [6.45, 7) is 1.59. The Balaban J connectivity index is 1.53. The molecule has 2 aliphatic rings. The molecule has 4 heterocycles. The van der Waals surface area contributed by atoms with E-state index in [4.69, 9.17) is 24.5 Å². The smallest absolute Gasteiger partial charge is 0.327 e. The van der Waals surface area contributed by atoms with Crippen LogP contribution >= 0.6 is 18.1 Å². The first kappa shape index (κ1) is 33.0. The van der Waals surface area contributed by atoms with E-state index < -0.39 is 67.3 Å². The molecule has 19 heteroatoms. The van der Waals surface area contributed by atoms with Gasteiger partial charge in [-0.1, -0.05) is 11.4 Å². The molecule has 0 bridgehead atoms. The van der Waals surface area contributed by atoms with Crippen LogP contribution in [0.15, 0.2) is 6.33 Å². The minimum atomic E-state index is -4.01. The van der Waals surface area contributed by atoms with E-state index >= 15 is 0 Å². The summed E-state index contributed by atoms with van der Waals surface area (Å²) in [5.41, 5.74) is 4.30. The van der Waals surface area contributed by atoms with Crippen molar-refractivity contribution in [2.45, 2.75) is 70.3 Å². The average molecular weight is 646 g/mol. The number of hydrogen-bond acceptors (Lipinski definition) is 15. The third kappa shape index (κ3) is 6.79. The van der Waals surface area contributed by atoms with E-state index in [1.165, 1.54) is 38.9 Å². The van der Waals surface area contributed by atoms with Gasteiger partial charge in [-0.25, -0.2) is 10.1 Å². The van der Waals surface area contributed by atoms with Crippen molar-refractivity contribution in [2.24, 2.45) is 5.92 Å². The molecule has 2 aromatic heterocycles. The summed E-state index contributed by atoms with van der Waals surface area (Å²) in [5.74, 6) is -2.27. The number of esters is 1. The number of carbonyl (C=O) groups excluding carboxylic acids is 3. The highest BCUT2D eigenvalue weighted by Crippen LogP contribution is 2.58. The van der Waals surface area contributed by atoms with Gasteiger partial charge >= 0.3 is 12.7 Å². The molecule has 0 radical (unpaired) electrons. The van der Waals surface area contributed by atoms with Crippen LogP contribution in [0.5, 0.6) is 5.88 Å². The number of likely N-dealkylation sites (tertiary alicyclic amines) is 1. The van der Waals surface area contributed by atoms with Crippen molar-refractivity contribution in [1.82, 2.24) is 29.5 Å². The minimum Gasteiger partial charge on any atom is -0.479 e. The number of aliphatic hydroxyl groups excluding tert-OH is 1. The number of ether oxygens (including phenoxy) is 3. The molecule has 2 saturated heterocycles. The molecule has 17 nitrogen and oxygen atoms in total. The fraction of sp³-hybridized carbons (Fsp3) is 0.667. The van der Waals surface area contributed by atoms with Crippen LogP contribution in [-0.2, 0) is 32.9 Å². The second kappa shape index (κ2) is 12.6. The van der Waals surface area contributed by atoms with Crippen LogP contribution in [0.2, 0.25) is 0 Å². The van der Waals surface area contributed by atoms with E-state index in [1.54, 1.807) is 13.8 Å². The molecule has 7 atom stereocenters. The zero-order valence-electron chi connectivity index (χ0n) is 24.5. The molecular weight excluding hydrogens is 609 g/mol. The predicted octanol–water partition coefficient (Wildman–Crippen LogP) is 0.219. The number of carbonyl (C=O) groups is 3. The van der Waals surface area contributed by atoms with Crippen molar-refractivity contribution in [3.63, 3.8) is 0 Å². The van der Waals surface area contributed by atoms with Crippen molar-refractivity contribution < 1.29 is 47.9 Å². The number of nitrogens with two attached hydrogens (primary N) is 1. The van der Waals surface area contributed by atoms with E-state index in [2.05, 4.69) is 20.0 Å². The lowest BCUT2D eigenvalue weighted by atomic mass is 9.96. The van der Waals surface area contributed by atoms with Crippen LogP contribution in [0, 0.1) is 5.92 Å². The van der Waals surface area contributed by atoms with Crippen molar-refractivity contribution in [3.8, 4) is 5.88 Å². The maximum atomic E-state index is 14.0. The van der Waals surface area contributed by atoms with Gasteiger partial charge in [0.2, 0.25) is 23.6 Å². The van der Waals surface area contributed by atoms with Gasteiger partial charge in [0.05, 0.1) is 32.1 Å². The monoisotopic (exact) mass is 645 g/mol. The molecule has 0 saturated carbocycles. The largest absolute Gasteiger partial charge is 0.479 e. The number of aromatic nitrogens is 4. The molecule has 0 aliphatic carbocycles. The molecule has 2 fully saturated rings. The van der Waals surface area contributed by atoms with Gasteiger partial charge in [-0.15, -0.1) is 0 Å². The Morgan fingerprint density at radius 1 is 1.35 bits per heavy atom. The summed E-state index contributed by atoms with van der Waals surface area (Å²) in [7, 11) is 2.75. The first-order valence-electron chi connectivity index (χ1n) is 13.4. The van der Waals surface area contributed by atoms with Crippen LogP contribution in [0.4, 0.5) is 5.95 Å². The Morgan fingerprint density at radius 3 is 2.65 bits per heavy atom. The first-order valence-corrected chi connectivity index (χ1v) is 16.6. The number of aliphatic hydroxyl groups is 2. The van der Waals surface area contributed by atoms with E-state index in [-0.39, 0.29) is 41.1 Å². The predicted molar refractivity (Wildman–Crippen MR) is 153 cm³/mol. The molecule has 0 spiro atoms. The Kier molecular flexibility index (Phi) is 9.71. The number of hydrogen-bond donors (Lipinski definition) is 4. The lowest BCUT2D eigenvalue weighted by molar-refractivity contribution is -0.149. The highest BCUT2D eigenvalue weighted by molar-refractivity contribution is 8.56. The Hall–Kier alpha value is -2.86. The van der Waals surface area contributed by atoms with Gasteiger partial charge in [0.25, 0.3) is 0 Å². The van der Waals surface area contributed by atoms with E-state index in [0.29, 0.717) is 0 Å². The van der Waals surface area contributed by atoms with Crippen LogP contribution in [0.25, 0.3) is 11.2 Å². The summed E-state index contributed by atoms with van der Waals surface area (Å²) in [6, 6.07) is -1.08.